The Bertz CT molecular complexity index is 933. The summed E-state index contributed by atoms with van der Waals surface area (Å²) in [6, 6.07) is 18.8. The molecular weight excluding hydrogens is 328 g/mol. The highest BCUT2D eigenvalue weighted by atomic mass is 16.6. The van der Waals surface area contributed by atoms with E-state index in [1.165, 1.54) is 0 Å². The fourth-order valence-electron chi connectivity index (χ4n) is 3.68. The molecule has 5 heteroatoms. The number of nitrogens with two attached hydrogens (primary N) is 2. The van der Waals surface area contributed by atoms with E-state index < -0.39 is 12.4 Å². The molecule has 0 atom stereocenters. The molecule has 1 aliphatic rings. The third-order valence-electron chi connectivity index (χ3n) is 4.80. The average molecular weight is 348 g/mol. The number of fused-ring (bicyclic) bond motifs is 2. The summed E-state index contributed by atoms with van der Waals surface area (Å²) < 4.78 is 12.1. The van der Waals surface area contributed by atoms with Crippen molar-refractivity contribution in [2.24, 2.45) is 0 Å². The van der Waals surface area contributed by atoms with Gasteiger partial charge in [-0.3, -0.25) is 0 Å². The van der Waals surface area contributed by atoms with Crippen LogP contribution in [0.1, 0.15) is 22.3 Å². The molecule has 0 radical (unpaired) electrons. The molecule has 1 heterocycles. The first-order valence-corrected chi connectivity index (χ1v) is 8.35. The van der Waals surface area contributed by atoms with Gasteiger partial charge in [-0.05, 0) is 42.3 Å². The Kier molecular flexibility index (Phi) is 3.83. The van der Waals surface area contributed by atoms with Gasteiger partial charge in [0, 0.05) is 34.6 Å². The Labute approximate surface area is 151 Å². The van der Waals surface area contributed by atoms with E-state index in [1.54, 1.807) is 24.3 Å². The van der Waals surface area contributed by atoms with E-state index in [0.29, 0.717) is 22.9 Å². The number of hydrogen-bond donors (Lipinski definition) is 3. The summed E-state index contributed by atoms with van der Waals surface area (Å²) in [5.41, 5.74) is 15.6. The van der Waals surface area contributed by atoms with Crippen LogP contribution >= 0.6 is 0 Å². The Morgan fingerprint density at radius 3 is 2.00 bits per heavy atom. The van der Waals surface area contributed by atoms with Gasteiger partial charge in [0.15, 0.2) is 5.60 Å². The van der Waals surface area contributed by atoms with Crippen LogP contribution in [0, 0.1) is 6.92 Å². The third-order valence-corrected chi connectivity index (χ3v) is 4.80. The minimum atomic E-state index is -1.02. The number of hydrogen-bond acceptors (Lipinski definition) is 5. The standard InChI is InChI=1S/C21H20N2O3/c1-13-4-2-3-5-16(13)21(25-12-24)17-8-6-14(22)10-19(17)26-20-11-15(23)7-9-18(20)21/h2-11,24H,12,22-23H2,1H3. The van der Waals surface area contributed by atoms with Gasteiger partial charge in [0.05, 0.1) is 0 Å². The summed E-state index contributed by atoms with van der Waals surface area (Å²) in [5.74, 6) is 1.17. The lowest BCUT2D eigenvalue weighted by Gasteiger charge is -2.40. The van der Waals surface area contributed by atoms with E-state index >= 15 is 0 Å². The van der Waals surface area contributed by atoms with Crippen molar-refractivity contribution < 1.29 is 14.6 Å². The fraction of sp³-hybridized carbons (Fsp3) is 0.143. The van der Waals surface area contributed by atoms with E-state index in [9.17, 15) is 5.11 Å². The zero-order chi connectivity index (χ0) is 18.3. The first-order valence-electron chi connectivity index (χ1n) is 8.35. The number of aliphatic hydroxyl groups is 1. The minimum absolute atomic E-state index is 0.456. The molecule has 5 N–H and O–H groups in total. The molecule has 0 spiro atoms. The molecule has 26 heavy (non-hydrogen) atoms. The van der Waals surface area contributed by atoms with Crippen molar-refractivity contribution in [2.45, 2.75) is 12.5 Å². The molecule has 0 amide bonds. The van der Waals surface area contributed by atoms with Crippen LogP contribution in [0.3, 0.4) is 0 Å². The van der Waals surface area contributed by atoms with Crippen LogP contribution in [0.15, 0.2) is 60.7 Å². The van der Waals surface area contributed by atoms with E-state index in [2.05, 4.69) is 0 Å². The van der Waals surface area contributed by atoms with Crippen LogP contribution < -0.4 is 16.2 Å². The summed E-state index contributed by atoms with van der Waals surface area (Å²) in [6.45, 7) is 1.56. The van der Waals surface area contributed by atoms with Crippen LogP contribution in [0.4, 0.5) is 11.4 Å². The molecule has 1 aliphatic heterocycles. The third kappa shape index (κ3) is 2.33. The van der Waals surface area contributed by atoms with Gasteiger partial charge < -0.3 is 26.0 Å². The Balaban J connectivity index is 2.12. The zero-order valence-electron chi connectivity index (χ0n) is 14.4. The Morgan fingerprint density at radius 1 is 0.885 bits per heavy atom. The summed E-state index contributed by atoms with van der Waals surface area (Å²) in [5, 5.41) is 9.78. The maximum atomic E-state index is 9.78. The second-order valence-electron chi connectivity index (χ2n) is 6.38. The molecule has 5 nitrogen and oxygen atoms in total. The van der Waals surface area contributed by atoms with Crippen molar-refractivity contribution in [1.29, 1.82) is 0 Å². The molecule has 0 saturated carbocycles. The number of ether oxygens (including phenoxy) is 2. The Morgan fingerprint density at radius 2 is 1.46 bits per heavy atom. The highest BCUT2D eigenvalue weighted by Crippen LogP contribution is 2.53. The molecule has 0 aliphatic carbocycles. The van der Waals surface area contributed by atoms with Gasteiger partial charge in [0.2, 0.25) is 0 Å². The number of anilines is 2. The zero-order valence-corrected chi connectivity index (χ0v) is 14.4. The fourth-order valence-corrected chi connectivity index (χ4v) is 3.68. The molecular formula is C21H20N2O3. The van der Waals surface area contributed by atoms with Crippen molar-refractivity contribution in [2.75, 3.05) is 18.3 Å². The van der Waals surface area contributed by atoms with Gasteiger partial charge in [0.25, 0.3) is 0 Å². The molecule has 3 aromatic rings. The van der Waals surface area contributed by atoms with Crippen LogP contribution in [0.25, 0.3) is 0 Å². The number of rotatable bonds is 3. The molecule has 3 aromatic carbocycles. The molecule has 0 aromatic heterocycles. The van der Waals surface area contributed by atoms with E-state index in [0.717, 1.165) is 22.3 Å². The van der Waals surface area contributed by atoms with Crippen LogP contribution in [0.5, 0.6) is 11.5 Å². The summed E-state index contributed by atoms with van der Waals surface area (Å²) >= 11 is 0. The largest absolute Gasteiger partial charge is 0.456 e. The van der Waals surface area contributed by atoms with Gasteiger partial charge >= 0.3 is 0 Å². The molecule has 0 unspecified atom stereocenters. The number of aryl methyl sites for hydroxylation is 1. The lowest BCUT2D eigenvalue weighted by molar-refractivity contribution is -0.0819. The van der Waals surface area contributed by atoms with E-state index in [4.69, 9.17) is 20.9 Å². The second kappa shape index (κ2) is 6.05. The van der Waals surface area contributed by atoms with Gasteiger partial charge in [-0.1, -0.05) is 24.3 Å². The van der Waals surface area contributed by atoms with Gasteiger partial charge in [-0.15, -0.1) is 0 Å². The topological polar surface area (TPSA) is 90.7 Å². The quantitative estimate of drug-likeness (QED) is 0.498. The normalized spacial score (nSPS) is 14.2. The van der Waals surface area contributed by atoms with Gasteiger partial charge in [0.1, 0.15) is 18.3 Å². The summed E-state index contributed by atoms with van der Waals surface area (Å²) in [6.07, 6.45) is 0. The molecule has 0 bridgehead atoms. The first kappa shape index (κ1) is 16.4. The maximum absolute atomic E-state index is 9.78. The van der Waals surface area contributed by atoms with Crippen LogP contribution in [-0.4, -0.2) is 11.9 Å². The predicted octanol–water partition coefficient (Wildman–Crippen LogP) is 3.52. The average Bonchev–Trinajstić information content (AvgIpc) is 2.61. The molecule has 132 valence electrons. The maximum Gasteiger partial charge on any atom is 0.154 e. The van der Waals surface area contributed by atoms with Crippen molar-refractivity contribution in [3.05, 3.63) is 82.9 Å². The van der Waals surface area contributed by atoms with E-state index in [1.807, 2.05) is 43.3 Å². The lowest BCUT2D eigenvalue weighted by Crippen LogP contribution is -2.37. The second-order valence-corrected chi connectivity index (χ2v) is 6.38. The first-order chi connectivity index (χ1) is 12.6. The van der Waals surface area contributed by atoms with Gasteiger partial charge in [-0.2, -0.15) is 0 Å². The predicted molar refractivity (Wildman–Crippen MR) is 101 cm³/mol. The number of nitrogen functional groups attached to an aromatic ring is 2. The van der Waals surface area contributed by atoms with Crippen LogP contribution in [0.2, 0.25) is 0 Å². The highest BCUT2D eigenvalue weighted by molar-refractivity contribution is 5.67. The van der Waals surface area contributed by atoms with Crippen molar-refractivity contribution >= 4 is 11.4 Å². The minimum Gasteiger partial charge on any atom is -0.456 e. The molecule has 0 saturated heterocycles. The van der Waals surface area contributed by atoms with E-state index in [-0.39, 0.29) is 0 Å². The smallest absolute Gasteiger partial charge is 0.154 e. The number of benzene rings is 3. The summed E-state index contributed by atoms with van der Waals surface area (Å²) in [4.78, 5) is 0. The van der Waals surface area contributed by atoms with Crippen LogP contribution in [-0.2, 0) is 10.3 Å². The Hall–Kier alpha value is -3.02. The monoisotopic (exact) mass is 348 g/mol. The summed E-state index contributed by atoms with van der Waals surface area (Å²) in [7, 11) is 0. The van der Waals surface area contributed by atoms with Crippen molar-refractivity contribution in [3.8, 4) is 11.5 Å². The highest BCUT2D eigenvalue weighted by Gasteiger charge is 2.46. The van der Waals surface area contributed by atoms with Crippen molar-refractivity contribution in [3.63, 3.8) is 0 Å². The molecule has 4 rings (SSSR count). The lowest BCUT2D eigenvalue weighted by atomic mass is 9.76. The SMILES string of the molecule is Cc1ccccc1C1(OCO)c2ccc(N)cc2Oc2cc(N)ccc21. The van der Waals surface area contributed by atoms with Gasteiger partial charge in [-0.25, -0.2) is 0 Å². The van der Waals surface area contributed by atoms with Crippen molar-refractivity contribution in [1.82, 2.24) is 0 Å². The number of aliphatic hydroxyl groups excluding tert-OH is 1. The molecule has 0 fully saturated rings.